The summed E-state index contributed by atoms with van der Waals surface area (Å²) in [5.41, 5.74) is 0.593. The minimum atomic E-state index is -0.0677. The van der Waals surface area contributed by atoms with Crippen molar-refractivity contribution in [1.29, 1.82) is 0 Å². The smallest absolute Gasteiger partial charge is 0.251 e. The fraction of sp³-hybridized carbons (Fsp3) is 0.417. The summed E-state index contributed by atoms with van der Waals surface area (Å²) >= 11 is 9.24. The third-order valence-electron chi connectivity index (χ3n) is 2.76. The summed E-state index contributed by atoms with van der Waals surface area (Å²) in [6.07, 6.45) is 2.13. The number of carbonyl (C=O) groups is 1. The first-order chi connectivity index (χ1) is 8.15. The van der Waals surface area contributed by atoms with Gasteiger partial charge in [-0.15, -0.1) is 0 Å². The number of hydrogen-bond acceptors (Lipinski definition) is 2. The van der Waals surface area contributed by atoms with Crippen LogP contribution in [0, 0.1) is 0 Å². The van der Waals surface area contributed by atoms with Crippen LogP contribution < -0.4 is 10.6 Å². The molecular formula is C12H14BrClN2O. The van der Waals surface area contributed by atoms with Crippen molar-refractivity contribution in [3.05, 3.63) is 33.3 Å². The maximum atomic E-state index is 12.0. The molecule has 17 heavy (non-hydrogen) atoms. The van der Waals surface area contributed by atoms with Crippen molar-refractivity contribution >= 4 is 33.4 Å². The number of halogens is 2. The van der Waals surface area contributed by atoms with Crippen molar-refractivity contribution in [2.75, 3.05) is 13.1 Å². The number of amides is 1. The maximum Gasteiger partial charge on any atom is 0.251 e. The Kier molecular flexibility index (Phi) is 4.42. The molecule has 92 valence electrons. The van der Waals surface area contributed by atoms with Crippen LogP contribution in [0.3, 0.4) is 0 Å². The molecule has 5 heteroatoms. The van der Waals surface area contributed by atoms with Gasteiger partial charge < -0.3 is 10.6 Å². The second kappa shape index (κ2) is 5.85. The van der Waals surface area contributed by atoms with Crippen molar-refractivity contribution < 1.29 is 4.79 Å². The van der Waals surface area contributed by atoms with Gasteiger partial charge in [0.05, 0.1) is 0 Å². The van der Waals surface area contributed by atoms with E-state index in [0.29, 0.717) is 10.6 Å². The number of benzene rings is 1. The highest BCUT2D eigenvalue weighted by Crippen LogP contribution is 2.19. The highest BCUT2D eigenvalue weighted by Gasteiger charge is 2.16. The molecule has 1 fully saturated rings. The lowest BCUT2D eigenvalue weighted by molar-refractivity contribution is 0.0930. The lowest BCUT2D eigenvalue weighted by Gasteiger charge is -2.23. The number of carbonyl (C=O) groups excluding carboxylic acids is 1. The van der Waals surface area contributed by atoms with Crippen LogP contribution in [-0.2, 0) is 0 Å². The third-order valence-corrected chi connectivity index (χ3v) is 3.43. The molecule has 3 nitrogen and oxygen atoms in total. The van der Waals surface area contributed by atoms with Crippen LogP contribution in [-0.4, -0.2) is 25.0 Å². The first-order valence-corrected chi connectivity index (χ1v) is 6.80. The largest absolute Gasteiger partial charge is 0.348 e. The van der Waals surface area contributed by atoms with E-state index in [1.807, 2.05) is 0 Å². The fourth-order valence-electron chi connectivity index (χ4n) is 1.93. The van der Waals surface area contributed by atoms with Crippen LogP contribution in [0.2, 0.25) is 5.02 Å². The highest BCUT2D eigenvalue weighted by molar-refractivity contribution is 9.10. The zero-order valence-corrected chi connectivity index (χ0v) is 11.6. The summed E-state index contributed by atoms with van der Waals surface area (Å²) in [5, 5.41) is 6.83. The van der Waals surface area contributed by atoms with Gasteiger partial charge in [0.1, 0.15) is 0 Å². The zero-order chi connectivity index (χ0) is 12.3. The Labute approximate surface area is 114 Å². The quantitative estimate of drug-likeness (QED) is 0.880. The summed E-state index contributed by atoms with van der Waals surface area (Å²) < 4.78 is 0.817. The summed E-state index contributed by atoms with van der Waals surface area (Å²) in [5.74, 6) is -0.0677. The molecule has 1 saturated heterocycles. The Balaban J connectivity index is 2.03. The summed E-state index contributed by atoms with van der Waals surface area (Å²) in [7, 11) is 0. The predicted molar refractivity (Wildman–Crippen MR) is 72.5 cm³/mol. The molecule has 1 aromatic rings. The monoisotopic (exact) mass is 316 g/mol. The average Bonchev–Trinajstić information content (AvgIpc) is 2.29. The topological polar surface area (TPSA) is 41.1 Å². The van der Waals surface area contributed by atoms with E-state index >= 15 is 0 Å². The molecule has 0 unspecified atom stereocenters. The second-order valence-electron chi connectivity index (χ2n) is 4.17. The fourth-order valence-corrected chi connectivity index (χ4v) is 2.79. The van der Waals surface area contributed by atoms with E-state index in [2.05, 4.69) is 26.6 Å². The van der Waals surface area contributed by atoms with E-state index in [4.69, 9.17) is 11.6 Å². The molecular weight excluding hydrogens is 304 g/mol. The van der Waals surface area contributed by atoms with Gasteiger partial charge in [0.15, 0.2) is 0 Å². The van der Waals surface area contributed by atoms with Gasteiger partial charge in [-0.3, -0.25) is 4.79 Å². The van der Waals surface area contributed by atoms with Crippen LogP contribution in [0.4, 0.5) is 0 Å². The van der Waals surface area contributed by atoms with Crippen molar-refractivity contribution in [2.45, 2.75) is 18.9 Å². The molecule has 1 atom stereocenters. The van der Waals surface area contributed by atoms with Crippen LogP contribution >= 0.6 is 27.5 Å². The Hall–Kier alpha value is -0.580. The number of hydrogen-bond donors (Lipinski definition) is 2. The second-order valence-corrected chi connectivity index (χ2v) is 5.53. The average molecular weight is 318 g/mol. The molecule has 0 aliphatic carbocycles. The Morgan fingerprint density at radius 3 is 2.94 bits per heavy atom. The minimum absolute atomic E-state index is 0.0677. The van der Waals surface area contributed by atoms with Gasteiger partial charge in [-0.25, -0.2) is 0 Å². The lowest BCUT2D eigenvalue weighted by atomic mass is 10.1. The van der Waals surface area contributed by atoms with Gasteiger partial charge in [0.2, 0.25) is 0 Å². The highest BCUT2D eigenvalue weighted by atomic mass is 79.9. The molecule has 0 bridgehead atoms. The van der Waals surface area contributed by atoms with Gasteiger partial charge in [-0.2, -0.15) is 0 Å². The van der Waals surface area contributed by atoms with E-state index in [-0.39, 0.29) is 11.9 Å². The van der Waals surface area contributed by atoms with Gasteiger partial charge >= 0.3 is 0 Å². The van der Waals surface area contributed by atoms with E-state index in [1.54, 1.807) is 18.2 Å². The summed E-state index contributed by atoms with van der Waals surface area (Å²) in [6, 6.07) is 5.43. The van der Waals surface area contributed by atoms with E-state index in [1.165, 1.54) is 0 Å². The Bertz CT molecular complexity index is 399. The number of rotatable bonds is 2. The molecule has 1 aliphatic rings. The normalized spacial score (nSPS) is 20.0. The molecule has 1 amide bonds. The van der Waals surface area contributed by atoms with Crippen molar-refractivity contribution in [3.8, 4) is 0 Å². The van der Waals surface area contributed by atoms with Gasteiger partial charge in [-0.1, -0.05) is 27.5 Å². The minimum Gasteiger partial charge on any atom is -0.348 e. The predicted octanol–water partition coefficient (Wildman–Crippen LogP) is 2.58. The molecule has 1 aromatic carbocycles. The lowest BCUT2D eigenvalue weighted by Crippen LogP contribution is -2.45. The van der Waals surface area contributed by atoms with Gasteiger partial charge in [-0.05, 0) is 37.6 Å². The van der Waals surface area contributed by atoms with E-state index in [9.17, 15) is 4.79 Å². The molecule has 0 spiro atoms. The SMILES string of the molecule is O=C(N[C@H]1CCCNC1)c1cc(Cl)cc(Br)c1. The number of nitrogens with one attached hydrogen (secondary N) is 2. The molecule has 1 heterocycles. The molecule has 2 N–H and O–H groups in total. The molecule has 2 rings (SSSR count). The van der Waals surface area contributed by atoms with E-state index < -0.39 is 0 Å². The molecule has 0 saturated carbocycles. The molecule has 0 radical (unpaired) electrons. The van der Waals surface area contributed by atoms with Crippen LogP contribution in [0.15, 0.2) is 22.7 Å². The van der Waals surface area contributed by atoms with Crippen LogP contribution in [0.1, 0.15) is 23.2 Å². The molecule has 0 aromatic heterocycles. The first-order valence-electron chi connectivity index (χ1n) is 5.63. The third kappa shape index (κ3) is 3.69. The van der Waals surface area contributed by atoms with Crippen molar-refractivity contribution in [3.63, 3.8) is 0 Å². The van der Waals surface area contributed by atoms with E-state index in [0.717, 1.165) is 30.4 Å². The van der Waals surface area contributed by atoms with Gasteiger partial charge in [0, 0.05) is 27.6 Å². The summed E-state index contributed by atoms with van der Waals surface area (Å²) in [6.45, 7) is 1.88. The summed E-state index contributed by atoms with van der Waals surface area (Å²) in [4.78, 5) is 12.0. The van der Waals surface area contributed by atoms with Gasteiger partial charge in [0.25, 0.3) is 5.91 Å². The molecule has 1 aliphatic heterocycles. The van der Waals surface area contributed by atoms with Crippen LogP contribution in [0.5, 0.6) is 0 Å². The Morgan fingerprint density at radius 1 is 1.47 bits per heavy atom. The van der Waals surface area contributed by atoms with Crippen LogP contribution in [0.25, 0.3) is 0 Å². The zero-order valence-electron chi connectivity index (χ0n) is 9.30. The number of piperidine rings is 1. The maximum absolute atomic E-state index is 12.0. The Morgan fingerprint density at radius 2 is 2.29 bits per heavy atom. The van der Waals surface area contributed by atoms with Crippen molar-refractivity contribution in [2.24, 2.45) is 0 Å². The van der Waals surface area contributed by atoms with Crippen molar-refractivity contribution in [1.82, 2.24) is 10.6 Å². The standard InChI is InChI=1S/C12H14BrClN2O/c13-9-4-8(5-10(14)6-9)12(17)16-11-2-1-3-15-7-11/h4-6,11,15H,1-3,7H2,(H,16,17)/t11-/m0/s1. The first kappa shape index (κ1) is 12.9.